The Balaban J connectivity index is 1.64. The van der Waals surface area contributed by atoms with Crippen LogP contribution in [0.3, 0.4) is 0 Å². The number of carbonyl (C=O) groups excluding carboxylic acids is 1. The molecule has 0 saturated heterocycles. The Morgan fingerprint density at radius 1 is 1.12 bits per heavy atom. The summed E-state index contributed by atoms with van der Waals surface area (Å²) in [6.45, 7) is 1.97. The van der Waals surface area contributed by atoms with E-state index in [1.165, 1.54) is 11.1 Å². The van der Waals surface area contributed by atoms with Gasteiger partial charge in [0.05, 0.1) is 5.84 Å². The number of nitrogens with zero attached hydrogens (tertiary/aromatic N) is 2. The minimum absolute atomic E-state index is 0.0479. The Hall–Kier alpha value is -2.62. The molecule has 1 unspecified atom stereocenters. The lowest BCUT2D eigenvalue weighted by Crippen LogP contribution is -2.28. The van der Waals surface area contributed by atoms with Gasteiger partial charge in [-0.15, -0.1) is 0 Å². The molecule has 1 aliphatic rings. The van der Waals surface area contributed by atoms with Crippen molar-refractivity contribution in [1.82, 2.24) is 0 Å². The summed E-state index contributed by atoms with van der Waals surface area (Å²) in [7, 11) is 3.76. The zero-order valence-electron chi connectivity index (χ0n) is 15.1. The smallest absolute Gasteiger partial charge is 0.227 e. The number of amides is 1. The lowest BCUT2D eigenvalue weighted by molar-refractivity contribution is -0.120. The van der Waals surface area contributed by atoms with Crippen LogP contribution < -0.4 is 10.2 Å². The second-order valence-electron chi connectivity index (χ2n) is 6.57. The van der Waals surface area contributed by atoms with Crippen molar-refractivity contribution in [3.63, 3.8) is 0 Å². The molecule has 0 saturated carbocycles. The number of hydrogen-bond acceptors (Lipinski definition) is 2. The molecule has 4 heteroatoms. The molecule has 0 aromatic heterocycles. The van der Waals surface area contributed by atoms with Crippen LogP contribution in [0.25, 0.3) is 0 Å². The first-order valence-electron chi connectivity index (χ1n) is 8.73. The van der Waals surface area contributed by atoms with Crippen LogP contribution in [0, 0.1) is 5.92 Å². The van der Waals surface area contributed by atoms with E-state index < -0.39 is 0 Å². The topological polar surface area (TPSA) is 44.7 Å². The van der Waals surface area contributed by atoms with Crippen LogP contribution in [0.1, 0.15) is 24.5 Å². The normalized spacial score (nSPS) is 16.9. The molecule has 0 fully saturated rings. The van der Waals surface area contributed by atoms with E-state index in [0.29, 0.717) is 0 Å². The second kappa shape index (κ2) is 7.51. The predicted octanol–water partition coefficient (Wildman–Crippen LogP) is 3.91. The number of anilines is 2. The van der Waals surface area contributed by atoms with E-state index in [0.717, 1.165) is 36.5 Å². The van der Waals surface area contributed by atoms with Crippen LogP contribution >= 0.6 is 0 Å². The molecule has 2 aromatic rings. The number of rotatable bonds is 3. The molecule has 1 atom stereocenters. The summed E-state index contributed by atoms with van der Waals surface area (Å²) in [4.78, 5) is 18.8. The Bertz CT molecular complexity index is 780. The van der Waals surface area contributed by atoms with Crippen LogP contribution in [-0.4, -0.2) is 25.8 Å². The van der Waals surface area contributed by atoms with Gasteiger partial charge in [0.25, 0.3) is 0 Å². The van der Waals surface area contributed by atoms with Gasteiger partial charge in [-0.05, 0) is 61.6 Å². The number of hydrogen-bond donors (Lipinski definition) is 1. The van der Waals surface area contributed by atoms with E-state index in [4.69, 9.17) is 0 Å². The highest BCUT2D eigenvalue weighted by molar-refractivity contribution is 5.96. The SMILES string of the molecule is CN=C(C)N(C)c1ccc(NC(=O)C2CCc3ccccc3C2)cc1. The van der Waals surface area contributed by atoms with Gasteiger partial charge in [-0.25, -0.2) is 0 Å². The van der Waals surface area contributed by atoms with Gasteiger partial charge in [-0.3, -0.25) is 9.79 Å². The number of benzene rings is 2. The van der Waals surface area contributed by atoms with E-state index in [9.17, 15) is 4.79 Å². The number of aryl methyl sites for hydroxylation is 1. The van der Waals surface area contributed by atoms with Gasteiger partial charge in [0.1, 0.15) is 0 Å². The van der Waals surface area contributed by atoms with E-state index in [1.54, 1.807) is 7.05 Å². The van der Waals surface area contributed by atoms with Crippen LogP contribution in [0.2, 0.25) is 0 Å². The molecule has 0 radical (unpaired) electrons. The molecular formula is C21H25N3O. The maximum absolute atomic E-state index is 12.6. The molecule has 1 amide bonds. The van der Waals surface area contributed by atoms with Gasteiger partial charge >= 0.3 is 0 Å². The largest absolute Gasteiger partial charge is 0.334 e. The third-order valence-electron chi connectivity index (χ3n) is 5.05. The van der Waals surface area contributed by atoms with Gasteiger partial charge < -0.3 is 10.2 Å². The molecule has 3 rings (SSSR count). The van der Waals surface area contributed by atoms with Gasteiger partial charge in [0, 0.05) is 31.4 Å². The molecule has 130 valence electrons. The fourth-order valence-electron chi connectivity index (χ4n) is 3.27. The van der Waals surface area contributed by atoms with Gasteiger partial charge in [-0.2, -0.15) is 0 Å². The van der Waals surface area contributed by atoms with Crippen LogP contribution in [-0.2, 0) is 17.6 Å². The molecule has 4 nitrogen and oxygen atoms in total. The van der Waals surface area contributed by atoms with E-state index in [-0.39, 0.29) is 11.8 Å². The van der Waals surface area contributed by atoms with E-state index in [2.05, 4.69) is 34.6 Å². The summed E-state index contributed by atoms with van der Waals surface area (Å²) in [5.41, 5.74) is 4.58. The molecule has 0 aliphatic heterocycles. The maximum Gasteiger partial charge on any atom is 0.227 e. The average Bonchev–Trinajstić information content (AvgIpc) is 2.67. The molecule has 0 spiro atoms. The fraction of sp³-hybridized carbons (Fsp3) is 0.333. The van der Waals surface area contributed by atoms with Crippen LogP contribution in [0.5, 0.6) is 0 Å². The molecule has 0 heterocycles. The van der Waals surface area contributed by atoms with Crippen molar-refractivity contribution in [2.75, 3.05) is 24.3 Å². The summed E-state index contributed by atoms with van der Waals surface area (Å²) in [6.07, 6.45) is 2.72. The van der Waals surface area contributed by atoms with Crippen molar-refractivity contribution in [3.05, 3.63) is 59.7 Å². The number of nitrogens with one attached hydrogen (secondary N) is 1. The lowest BCUT2D eigenvalue weighted by Gasteiger charge is -2.24. The van der Waals surface area contributed by atoms with Crippen LogP contribution in [0.15, 0.2) is 53.5 Å². The first-order chi connectivity index (χ1) is 12.1. The fourth-order valence-corrected chi connectivity index (χ4v) is 3.27. The van der Waals surface area contributed by atoms with Crippen molar-refractivity contribution in [3.8, 4) is 0 Å². The molecular weight excluding hydrogens is 310 g/mol. The van der Waals surface area contributed by atoms with Gasteiger partial charge in [0.15, 0.2) is 0 Å². The predicted molar refractivity (Wildman–Crippen MR) is 104 cm³/mol. The Kier molecular flexibility index (Phi) is 5.17. The minimum Gasteiger partial charge on any atom is -0.334 e. The first kappa shape index (κ1) is 17.2. The summed E-state index contributed by atoms with van der Waals surface area (Å²) in [5, 5.41) is 3.06. The zero-order valence-corrected chi connectivity index (χ0v) is 15.1. The van der Waals surface area contributed by atoms with Crippen molar-refractivity contribution >= 4 is 23.1 Å². The lowest BCUT2D eigenvalue weighted by atomic mass is 9.83. The summed E-state index contributed by atoms with van der Waals surface area (Å²) in [6, 6.07) is 16.3. The van der Waals surface area contributed by atoms with Gasteiger partial charge in [0.2, 0.25) is 5.91 Å². The van der Waals surface area contributed by atoms with E-state index in [1.807, 2.05) is 43.1 Å². The summed E-state index contributed by atoms with van der Waals surface area (Å²) in [5.74, 6) is 1.10. The number of amidine groups is 1. The number of carbonyl (C=O) groups is 1. The highest BCUT2D eigenvalue weighted by Crippen LogP contribution is 2.26. The zero-order chi connectivity index (χ0) is 17.8. The van der Waals surface area contributed by atoms with Crippen molar-refractivity contribution in [2.24, 2.45) is 10.9 Å². The standard InChI is InChI=1S/C21H25N3O/c1-15(22-2)24(3)20-12-10-19(11-13-20)23-21(25)18-9-8-16-6-4-5-7-17(16)14-18/h4-7,10-13,18H,8-9,14H2,1-3H3,(H,23,25). The highest BCUT2D eigenvalue weighted by Gasteiger charge is 2.24. The highest BCUT2D eigenvalue weighted by atomic mass is 16.1. The van der Waals surface area contributed by atoms with E-state index >= 15 is 0 Å². The monoisotopic (exact) mass is 335 g/mol. The Labute approximate surface area is 149 Å². The van der Waals surface area contributed by atoms with Crippen LogP contribution in [0.4, 0.5) is 11.4 Å². The van der Waals surface area contributed by atoms with Crippen molar-refractivity contribution in [1.29, 1.82) is 0 Å². The molecule has 25 heavy (non-hydrogen) atoms. The van der Waals surface area contributed by atoms with Crippen molar-refractivity contribution < 1.29 is 4.79 Å². The molecule has 0 bridgehead atoms. The van der Waals surface area contributed by atoms with Gasteiger partial charge in [-0.1, -0.05) is 24.3 Å². The Morgan fingerprint density at radius 2 is 1.80 bits per heavy atom. The molecule has 1 N–H and O–H groups in total. The average molecular weight is 335 g/mol. The Morgan fingerprint density at radius 3 is 2.48 bits per heavy atom. The molecule has 1 aliphatic carbocycles. The maximum atomic E-state index is 12.6. The first-order valence-corrected chi connectivity index (χ1v) is 8.73. The number of fused-ring (bicyclic) bond motifs is 1. The van der Waals surface area contributed by atoms with Crippen molar-refractivity contribution in [2.45, 2.75) is 26.2 Å². The summed E-state index contributed by atoms with van der Waals surface area (Å²) < 4.78 is 0. The third-order valence-corrected chi connectivity index (χ3v) is 5.05. The third kappa shape index (κ3) is 3.90. The second-order valence-corrected chi connectivity index (χ2v) is 6.57. The number of aliphatic imine (C=N–C) groups is 1. The quantitative estimate of drug-likeness (QED) is 0.683. The minimum atomic E-state index is 0.0479. The summed E-state index contributed by atoms with van der Waals surface area (Å²) >= 11 is 0. The molecule has 2 aromatic carbocycles.